The third-order valence-corrected chi connectivity index (χ3v) is 4.14. The molecule has 1 aliphatic heterocycles. The normalized spacial score (nSPS) is 14.9. The number of rotatable bonds is 2. The number of hydrogen-bond acceptors (Lipinski definition) is 4. The van der Waals surface area contributed by atoms with Gasteiger partial charge in [-0.2, -0.15) is 5.10 Å². The van der Waals surface area contributed by atoms with Crippen molar-refractivity contribution in [3.63, 3.8) is 0 Å². The van der Waals surface area contributed by atoms with Crippen molar-refractivity contribution in [2.75, 3.05) is 36.4 Å². The molecule has 0 atom stereocenters. The summed E-state index contributed by atoms with van der Waals surface area (Å²) < 4.78 is 1.66. The Bertz CT molecular complexity index is 708. The maximum atomic E-state index is 12.4. The predicted octanol–water partition coefficient (Wildman–Crippen LogP) is 2.13. The van der Waals surface area contributed by atoms with Crippen LogP contribution in [0.4, 0.5) is 16.4 Å². The van der Waals surface area contributed by atoms with Crippen LogP contribution in [0.3, 0.4) is 0 Å². The molecule has 0 spiro atoms. The van der Waals surface area contributed by atoms with Crippen molar-refractivity contribution in [1.29, 1.82) is 0 Å². The van der Waals surface area contributed by atoms with Gasteiger partial charge in [-0.25, -0.2) is 9.78 Å². The fraction of sp³-hybridized carbons (Fsp3) is 0.400. The minimum atomic E-state index is -0.111. The fourth-order valence-corrected chi connectivity index (χ4v) is 2.89. The quantitative estimate of drug-likeness (QED) is 0.913. The van der Waals surface area contributed by atoms with Gasteiger partial charge >= 0.3 is 6.03 Å². The number of aryl methyl sites for hydroxylation is 2. The standard InChI is InChI=1S/C15H19ClN6O/c1-11-10-13(20(2)19-11)18-15(23)22-8-6-21(7-9-22)14-12(16)4-3-5-17-14/h3-5,10H,6-9H2,1-2H3,(H,18,23). The molecule has 122 valence electrons. The Morgan fingerprint density at radius 3 is 2.65 bits per heavy atom. The van der Waals surface area contributed by atoms with Crippen LogP contribution < -0.4 is 10.2 Å². The number of halogens is 1. The van der Waals surface area contributed by atoms with E-state index in [0.29, 0.717) is 37.0 Å². The average Bonchev–Trinajstić information content (AvgIpc) is 2.85. The summed E-state index contributed by atoms with van der Waals surface area (Å²) in [6, 6.07) is 5.38. The number of carbonyl (C=O) groups is 1. The molecule has 0 saturated carbocycles. The lowest BCUT2D eigenvalue weighted by atomic mass is 10.3. The first-order valence-electron chi connectivity index (χ1n) is 7.46. The summed E-state index contributed by atoms with van der Waals surface area (Å²) in [5.74, 6) is 1.47. The van der Waals surface area contributed by atoms with Crippen molar-refractivity contribution >= 4 is 29.3 Å². The molecule has 8 heteroatoms. The Hall–Kier alpha value is -2.28. The molecule has 0 bridgehead atoms. The van der Waals surface area contributed by atoms with Crippen LogP contribution in [0.25, 0.3) is 0 Å². The third kappa shape index (κ3) is 3.39. The van der Waals surface area contributed by atoms with E-state index in [9.17, 15) is 4.79 Å². The lowest BCUT2D eigenvalue weighted by Gasteiger charge is -2.35. The van der Waals surface area contributed by atoms with Crippen molar-refractivity contribution in [3.05, 3.63) is 35.1 Å². The molecular weight excluding hydrogens is 316 g/mol. The molecule has 0 unspecified atom stereocenters. The molecule has 1 saturated heterocycles. The van der Waals surface area contributed by atoms with Gasteiger partial charge in [0, 0.05) is 45.5 Å². The number of aromatic nitrogens is 3. The molecule has 2 aromatic heterocycles. The molecule has 0 aromatic carbocycles. The number of amides is 2. The summed E-state index contributed by atoms with van der Waals surface area (Å²) in [7, 11) is 1.81. The molecule has 1 fully saturated rings. The SMILES string of the molecule is Cc1cc(NC(=O)N2CCN(c3ncccc3Cl)CC2)n(C)n1. The second-order valence-corrected chi connectivity index (χ2v) is 5.91. The summed E-state index contributed by atoms with van der Waals surface area (Å²) in [5.41, 5.74) is 0.873. The zero-order valence-electron chi connectivity index (χ0n) is 13.2. The number of nitrogens with one attached hydrogen (secondary N) is 1. The molecule has 1 aliphatic rings. The summed E-state index contributed by atoms with van der Waals surface area (Å²) in [6.07, 6.45) is 1.73. The molecule has 0 aliphatic carbocycles. The first-order valence-corrected chi connectivity index (χ1v) is 7.84. The minimum absolute atomic E-state index is 0.111. The number of anilines is 2. The van der Waals surface area contributed by atoms with Crippen molar-refractivity contribution < 1.29 is 4.79 Å². The maximum Gasteiger partial charge on any atom is 0.323 e. The second-order valence-electron chi connectivity index (χ2n) is 5.51. The fourth-order valence-electron chi connectivity index (χ4n) is 2.65. The maximum absolute atomic E-state index is 12.4. The van der Waals surface area contributed by atoms with E-state index in [2.05, 4.69) is 20.3 Å². The highest BCUT2D eigenvalue weighted by Crippen LogP contribution is 2.23. The molecular formula is C15H19ClN6O. The number of hydrogen-bond donors (Lipinski definition) is 1. The van der Waals surface area contributed by atoms with E-state index in [1.54, 1.807) is 15.8 Å². The van der Waals surface area contributed by atoms with Gasteiger partial charge < -0.3 is 9.80 Å². The second kappa shape index (κ2) is 6.45. The Balaban J connectivity index is 1.59. The lowest BCUT2D eigenvalue weighted by Crippen LogP contribution is -2.50. The predicted molar refractivity (Wildman–Crippen MR) is 90.0 cm³/mol. The van der Waals surface area contributed by atoms with Gasteiger partial charge in [0.05, 0.1) is 10.7 Å². The minimum Gasteiger partial charge on any atom is -0.352 e. The van der Waals surface area contributed by atoms with Gasteiger partial charge in [-0.1, -0.05) is 11.6 Å². The zero-order chi connectivity index (χ0) is 16.4. The van der Waals surface area contributed by atoms with E-state index < -0.39 is 0 Å². The lowest BCUT2D eigenvalue weighted by molar-refractivity contribution is 0.208. The first kappa shape index (κ1) is 15.6. The number of pyridine rings is 1. The monoisotopic (exact) mass is 334 g/mol. The molecule has 7 nitrogen and oxygen atoms in total. The highest BCUT2D eigenvalue weighted by atomic mass is 35.5. The third-order valence-electron chi connectivity index (χ3n) is 3.84. The van der Waals surface area contributed by atoms with Crippen LogP contribution in [0.2, 0.25) is 5.02 Å². The summed E-state index contributed by atoms with van der Waals surface area (Å²) in [5, 5.41) is 7.75. The van der Waals surface area contributed by atoms with Crippen LogP contribution in [-0.2, 0) is 7.05 Å². The van der Waals surface area contributed by atoms with E-state index in [1.807, 2.05) is 32.2 Å². The Morgan fingerprint density at radius 1 is 1.30 bits per heavy atom. The van der Waals surface area contributed by atoms with Gasteiger partial charge in [0.25, 0.3) is 0 Å². The van der Waals surface area contributed by atoms with Crippen molar-refractivity contribution in [1.82, 2.24) is 19.7 Å². The van der Waals surface area contributed by atoms with Crippen molar-refractivity contribution in [2.24, 2.45) is 7.05 Å². The van der Waals surface area contributed by atoms with Crippen LogP contribution in [0, 0.1) is 6.92 Å². The van der Waals surface area contributed by atoms with Gasteiger partial charge in [0.1, 0.15) is 11.6 Å². The molecule has 2 amide bonds. The van der Waals surface area contributed by atoms with Crippen LogP contribution in [0.15, 0.2) is 24.4 Å². The molecule has 23 heavy (non-hydrogen) atoms. The Kier molecular flexibility index (Phi) is 4.38. The van der Waals surface area contributed by atoms with E-state index in [4.69, 9.17) is 11.6 Å². The number of nitrogens with zero attached hydrogens (tertiary/aromatic N) is 5. The van der Waals surface area contributed by atoms with Crippen LogP contribution >= 0.6 is 11.6 Å². The Labute approximate surface area is 139 Å². The number of piperazine rings is 1. The van der Waals surface area contributed by atoms with Gasteiger partial charge in [-0.05, 0) is 19.1 Å². The number of carbonyl (C=O) groups excluding carboxylic acids is 1. The first-order chi connectivity index (χ1) is 11.0. The smallest absolute Gasteiger partial charge is 0.323 e. The van der Waals surface area contributed by atoms with Crippen LogP contribution in [-0.4, -0.2) is 51.9 Å². The molecule has 2 aromatic rings. The highest BCUT2D eigenvalue weighted by molar-refractivity contribution is 6.32. The molecule has 0 radical (unpaired) electrons. The van der Waals surface area contributed by atoms with Crippen molar-refractivity contribution in [2.45, 2.75) is 6.92 Å². The molecule has 3 rings (SSSR count). The summed E-state index contributed by atoms with van der Waals surface area (Å²) in [6.45, 7) is 4.54. The molecule has 3 heterocycles. The average molecular weight is 335 g/mol. The van der Waals surface area contributed by atoms with E-state index in [0.717, 1.165) is 11.5 Å². The van der Waals surface area contributed by atoms with Gasteiger partial charge in [-0.15, -0.1) is 0 Å². The van der Waals surface area contributed by atoms with E-state index in [-0.39, 0.29) is 6.03 Å². The summed E-state index contributed by atoms with van der Waals surface area (Å²) >= 11 is 6.18. The molecule has 1 N–H and O–H groups in total. The highest BCUT2D eigenvalue weighted by Gasteiger charge is 2.23. The van der Waals surface area contributed by atoms with Gasteiger partial charge in [-0.3, -0.25) is 10.00 Å². The Morgan fingerprint density at radius 2 is 2.04 bits per heavy atom. The zero-order valence-corrected chi connectivity index (χ0v) is 13.9. The topological polar surface area (TPSA) is 66.3 Å². The van der Waals surface area contributed by atoms with Gasteiger partial charge in [0.15, 0.2) is 0 Å². The van der Waals surface area contributed by atoms with Gasteiger partial charge in [0.2, 0.25) is 0 Å². The van der Waals surface area contributed by atoms with E-state index >= 15 is 0 Å². The van der Waals surface area contributed by atoms with Crippen LogP contribution in [0.1, 0.15) is 5.69 Å². The van der Waals surface area contributed by atoms with E-state index in [1.165, 1.54) is 0 Å². The summed E-state index contributed by atoms with van der Waals surface area (Å²) in [4.78, 5) is 20.6. The number of urea groups is 1. The largest absolute Gasteiger partial charge is 0.352 e. The van der Waals surface area contributed by atoms with Crippen molar-refractivity contribution in [3.8, 4) is 0 Å². The van der Waals surface area contributed by atoms with Crippen LogP contribution in [0.5, 0.6) is 0 Å².